The van der Waals surface area contributed by atoms with Gasteiger partial charge in [0.2, 0.25) is 8.32 Å². The van der Waals surface area contributed by atoms with Gasteiger partial charge in [-0.15, -0.1) is 0 Å². The number of rotatable bonds is 6. The molecule has 0 atom stereocenters. The van der Waals surface area contributed by atoms with Crippen molar-refractivity contribution in [2.75, 3.05) is 0 Å². The molecule has 0 spiro atoms. The van der Waals surface area contributed by atoms with E-state index in [1.54, 1.807) is 0 Å². The van der Waals surface area contributed by atoms with Crippen LogP contribution in [-0.4, -0.2) is 16.6 Å². The second-order valence-corrected chi connectivity index (χ2v) is 22.6. The van der Waals surface area contributed by atoms with E-state index in [1.807, 2.05) is 0 Å². The monoisotopic (exact) mass is 474 g/mol. The van der Waals surface area contributed by atoms with Crippen LogP contribution in [0.15, 0.2) is 24.3 Å². The number of hydrogen-bond acceptors (Lipinski definition) is 2. The van der Waals surface area contributed by atoms with Gasteiger partial charge in [-0.3, -0.25) is 0 Å². The first-order valence-electron chi connectivity index (χ1n) is 12.6. The van der Waals surface area contributed by atoms with Crippen LogP contribution in [-0.2, 0) is 5.41 Å². The van der Waals surface area contributed by atoms with Gasteiger partial charge < -0.3 is 8.85 Å². The van der Waals surface area contributed by atoms with Crippen molar-refractivity contribution in [3.63, 3.8) is 0 Å². The van der Waals surface area contributed by atoms with Crippen molar-refractivity contribution in [1.82, 2.24) is 0 Å². The zero-order valence-electron chi connectivity index (χ0n) is 23.2. The zero-order valence-corrected chi connectivity index (χ0v) is 25.2. The summed E-state index contributed by atoms with van der Waals surface area (Å²) in [7, 11) is -3.90. The van der Waals surface area contributed by atoms with Gasteiger partial charge >= 0.3 is 0 Å². The van der Waals surface area contributed by atoms with Crippen molar-refractivity contribution in [2.45, 2.75) is 129 Å². The highest BCUT2D eigenvalue weighted by Gasteiger charge is 2.42. The molecule has 0 N–H and O–H groups in total. The largest absolute Gasteiger partial charge is 0.543 e. The van der Waals surface area contributed by atoms with Crippen LogP contribution in [0.1, 0.15) is 98.1 Å². The van der Waals surface area contributed by atoms with Gasteiger partial charge in [-0.05, 0) is 85.4 Å². The molecule has 1 saturated carbocycles. The first kappa shape index (κ1) is 27.2. The summed E-state index contributed by atoms with van der Waals surface area (Å²) in [5.41, 5.74) is 4.61. The number of benzene rings is 1. The van der Waals surface area contributed by atoms with Crippen molar-refractivity contribution in [3.8, 4) is 11.5 Å². The highest BCUT2D eigenvalue weighted by molar-refractivity contribution is 6.75. The topological polar surface area (TPSA) is 18.5 Å². The minimum Gasteiger partial charge on any atom is -0.543 e. The molecule has 182 valence electrons. The van der Waals surface area contributed by atoms with E-state index in [0.717, 1.165) is 37.2 Å². The minimum absolute atomic E-state index is 0.00817. The van der Waals surface area contributed by atoms with Gasteiger partial charge in [0.15, 0.2) is 0 Å². The minimum atomic E-state index is -2.03. The number of allylic oxidation sites excluding steroid dienone is 1. The van der Waals surface area contributed by atoms with Crippen molar-refractivity contribution < 1.29 is 8.85 Å². The molecule has 0 bridgehead atoms. The van der Waals surface area contributed by atoms with Crippen LogP contribution in [0.5, 0.6) is 11.5 Å². The van der Waals surface area contributed by atoms with Gasteiger partial charge in [0.05, 0.1) is 0 Å². The Hall–Kier alpha value is -1.01. The third-order valence-electron chi connectivity index (χ3n) is 7.99. The molecule has 0 unspecified atom stereocenters. The van der Waals surface area contributed by atoms with E-state index in [9.17, 15) is 0 Å². The summed E-state index contributed by atoms with van der Waals surface area (Å²) < 4.78 is 14.1. The lowest BCUT2D eigenvalue weighted by Crippen LogP contribution is -2.45. The maximum Gasteiger partial charge on any atom is 0.250 e. The molecule has 1 aromatic rings. The van der Waals surface area contributed by atoms with Crippen molar-refractivity contribution in [1.29, 1.82) is 0 Å². The first-order valence-corrected chi connectivity index (χ1v) is 18.5. The highest BCUT2D eigenvalue weighted by Crippen LogP contribution is 2.50. The molecule has 32 heavy (non-hydrogen) atoms. The van der Waals surface area contributed by atoms with E-state index in [2.05, 4.69) is 100 Å². The van der Waals surface area contributed by atoms with Crippen LogP contribution in [0.4, 0.5) is 0 Å². The fraction of sp³-hybridized carbons (Fsp3) is 0.714. The summed E-state index contributed by atoms with van der Waals surface area (Å²) >= 11 is 0. The fourth-order valence-electron chi connectivity index (χ4n) is 3.88. The maximum absolute atomic E-state index is 7.20. The van der Waals surface area contributed by atoms with Gasteiger partial charge in [0.25, 0.3) is 8.32 Å². The summed E-state index contributed by atoms with van der Waals surface area (Å²) in [5.74, 6) is 2.68. The fourth-order valence-corrected chi connectivity index (χ4v) is 5.90. The van der Waals surface area contributed by atoms with Gasteiger partial charge in [-0.1, -0.05) is 73.6 Å². The quantitative estimate of drug-likeness (QED) is 0.302. The molecular formula is C28H50O2Si2. The Morgan fingerprint density at radius 2 is 1.44 bits per heavy atom. The summed E-state index contributed by atoms with van der Waals surface area (Å²) in [6.45, 7) is 32.2. The average molecular weight is 475 g/mol. The molecule has 4 heteroatoms. The van der Waals surface area contributed by atoms with Gasteiger partial charge in [-0.25, -0.2) is 0 Å². The Morgan fingerprint density at radius 3 is 1.88 bits per heavy atom. The average Bonchev–Trinajstić information content (AvgIpc) is 2.60. The molecule has 0 radical (unpaired) electrons. The van der Waals surface area contributed by atoms with Crippen LogP contribution in [0.2, 0.25) is 36.8 Å². The SMILES string of the molecule is C=C1CCC(c2c(O[Si](C)(C)C(C)C)ccc(C(C)(C)C)c2O[Si](C)(C)C(C)(C)C)CC1. The van der Waals surface area contributed by atoms with E-state index >= 15 is 0 Å². The van der Waals surface area contributed by atoms with Gasteiger partial charge in [0.1, 0.15) is 11.5 Å². The third-order valence-corrected chi connectivity index (χ3v) is 15.8. The molecule has 0 saturated heterocycles. The molecule has 0 amide bonds. The smallest absolute Gasteiger partial charge is 0.250 e. The van der Waals surface area contributed by atoms with Crippen LogP contribution in [0.3, 0.4) is 0 Å². The van der Waals surface area contributed by atoms with Crippen molar-refractivity contribution >= 4 is 16.6 Å². The lowest BCUT2D eigenvalue weighted by molar-refractivity contribution is 0.428. The second-order valence-electron chi connectivity index (χ2n) is 13.4. The van der Waals surface area contributed by atoms with Crippen LogP contribution >= 0.6 is 0 Å². The molecule has 1 aromatic carbocycles. The molecule has 2 nitrogen and oxygen atoms in total. The standard InChI is InChI=1S/C28H50O2Si2/c1-20(2)31(10,11)29-24-19-18-23(27(4,5)6)26(30-32(12,13)28(7,8)9)25(24)22-16-14-21(3)15-17-22/h18-20,22H,3,14-17H2,1-2,4-13H3. The van der Waals surface area contributed by atoms with Crippen molar-refractivity contribution in [2.24, 2.45) is 0 Å². The molecule has 0 aliphatic heterocycles. The number of hydrogen-bond donors (Lipinski definition) is 0. The lowest BCUT2D eigenvalue weighted by Gasteiger charge is -2.41. The summed E-state index contributed by atoms with van der Waals surface area (Å²) in [5, 5.41) is 0.142. The summed E-state index contributed by atoms with van der Waals surface area (Å²) in [4.78, 5) is 0. The van der Waals surface area contributed by atoms with E-state index in [4.69, 9.17) is 8.85 Å². The van der Waals surface area contributed by atoms with E-state index in [1.165, 1.54) is 16.7 Å². The Kier molecular flexibility index (Phi) is 7.94. The maximum atomic E-state index is 7.20. The van der Waals surface area contributed by atoms with E-state index in [0.29, 0.717) is 11.5 Å². The molecule has 1 aliphatic rings. The van der Waals surface area contributed by atoms with Gasteiger partial charge in [0, 0.05) is 5.56 Å². The van der Waals surface area contributed by atoms with E-state index < -0.39 is 16.6 Å². The molecule has 1 aliphatic carbocycles. The molecular weight excluding hydrogens is 424 g/mol. The molecule has 1 fully saturated rings. The summed E-state index contributed by atoms with van der Waals surface area (Å²) in [6.07, 6.45) is 4.49. The predicted molar refractivity (Wildman–Crippen MR) is 147 cm³/mol. The van der Waals surface area contributed by atoms with Crippen LogP contribution in [0, 0.1) is 0 Å². The Balaban J connectivity index is 2.77. The summed E-state index contributed by atoms with van der Waals surface area (Å²) in [6, 6.07) is 4.54. The normalized spacial score (nSPS) is 17.1. The molecule has 0 heterocycles. The van der Waals surface area contributed by atoms with Gasteiger partial charge in [-0.2, -0.15) is 0 Å². The van der Waals surface area contributed by atoms with Crippen LogP contribution in [0.25, 0.3) is 0 Å². The molecule has 2 rings (SSSR count). The Bertz CT molecular complexity index is 813. The third kappa shape index (κ3) is 6.11. The Labute approximate surface area is 201 Å². The van der Waals surface area contributed by atoms with Crippen LogP contribution < -0.4 is 8.85 Å². The zero-order chi connectivity index (χ0) is 24.7. The second kappa shape index (κ2) is 9.33. The first-order chi connectivity index (χ1) is 14.4. The predicted octanol–water partition coefficient (Wildman–Crippen LogP) is 9.58. The van der Waals surface area contributed by atoms with Crippen molar-refractivity contribution in [3.05, 3.63) is 35.4 Å². The highest BCUT2D eigenvalue weighted by atomic mass is 28.4. The van der Waals surface area contributed by atoms with E-state index in [-0.39, 0.29) is 10.5 Å². The lowest BCUT2D eigenvalue weighted by atomic mass is 9.78. The molecule has 0 aromatic heterocycles. The Morgan fingerprint density at radius 1 is 0.906 bits per heavy atom.